The number of hydrogen-bond acceptors (Lipinski definition) is 4. The van der Waals surface area contributed by atoms with Gasteiger partial charge in [-0.3, -0.25) is 9.59 Å². The van der Waals surface area contributed by atoms with Gasteiger partial charge in [0.15, 0.2) is 0 Å². The number of aryl methyl sites for hydroxylation is 2. The summed E-state index contributed by atoms with van der Waals surface area (Å²) in [5, 5.41) is 5.99. The molecule has 3 aromatic carbocycles. The van der Waals surface area contributed by atoms with Gasteiger partial charge in [-0.2, -0.15) is 0 Å². The van der Waals surface area contributed by atoms with E-state index in [4.69, 9.17) is 4.74 Å². The summed E-state index contributed by atoms with van der Waals surface area (Å²) in [6.07, 6.45) is 1.14. The highest BCUT2D eigenvalue weighted by Gasteiger charge is 2.40. The van der Waals surface area contributed by atoms with Crippen molar-refractivity contribution in [3.8, 4) is 0 Å². The zero-order valence-corrected chi connectivity index (χ0v) is 28.2. The van der Waals surface area contributed by atoms with Crippen molar-refractivity contribution in [1.82, 2.24) is 15.5 Å². The Morgan fingerprint density at radius 1 is 0.778 bits per heavy atom. The number of ether oxygens (including phenoxy) is 1. The van der Waals surface area contributed by atoms with Crippen LogP contribution in [0.4, 0.5) is 4.79 Å². The number of hydrogen-bond donors (Lipinski definition) is 2. The molecule has 3 aromatic rings. The van der Waals surface area contributed by atoms with E-state index < -0.39 is 23.8 Å². The molecule has 0 aromatic heterocycles. The first kappa shape index (κ1) is 35.4. The molecule has 3 atom stereocenters. The van der Waals surface area contributed by atoms with Crippen LogP contribution < -0.4 is 10.6 Å². The molecule has 0 spiro atoms. The van der Waals surface area contributed by atoms with Gasteiger partial charge in [0.05, 0.1) is 0 Å². The fourth-order valence-corrected chi connectivity index (χ4v) is 5.53. The van der Waals surface area contributed by atoms with E-state index in [-0.39, 0.29) is 24.3 Å². The summed E-state index contributed by atoms with van der Waals surface area (Å²) in [5.74, 6) is -0.185. The van der Waals surface area contributed by atoms with E-state index in [0.717, 1.165) is 34.2 Å². The van der Waals surface area contributed by atoms with Crippen molar-refractivity contribution >= 4 is 17.9 Å². The Hall–Kier alpha value is -4.13. The van der Waals surface area contributed by atoms with Gasteiger partial charge >= 0.3 is 6.09 Å². The van der Waals surface area contributed by atoms with Crippen molar-refractivity contribution in [2.24, 2.45) is 5.92 Å². The summed E-state index contributed by atoms with van der Waals surface area (Å²) in [5.41, 5.74) is 3.74. The van der Waals surface area contributed by atoms with Crippen LogP contribution in [0.5, 0.6) is 0 Å². The van der Waals surface area contributed by atoms with Gasteiger partial charge in [0, 0.05) is 19.0 Å². The molecular weight excluding hydrogens is 562 g/mol. The van der Waals surface area contributed by atoms with Crippen molar-refractivity contribution in [2.75, 3.05) is 0 Å². The van der Waals surface area contributed by atoms with Crippen LogP contribution in [0, 0.1) is 19.8 Å². The molecule has 0 radical (unpaired) electrons. The number of carbonyl (C=O) groups excluding carboxylic acids is 3. The van der Waals surface area contributed by atoms with E-state index in [1.807, 2.05) is 99.6 Å². The van der Waals surface area contributed by atoms with Gasteiger partial charge in [-0.1, -0.05) is 92.7 Å². The van der Waals surface area contributed by atoms with Gasteiger partial charge in [-0.15, -0.1) is 0 Å². The third kappa shape index (κ3) is 10.8. The minimum absolute atomic E-state index is 0.247. The molecule has 0 aliphatic heterocycles. The Labute approximate surface area is 269 Å². The molecule has 3 amide bonds. The fraction of sp³-hybridized carbons (Fsp3) is 0.447. The SMILES string of the molecule is Cc1cccc(C)c1C(C(=O)NCc1ccccc1)N(C(=O)C(Cc1ccccc1)NC(=O)OC(C)(C)C)C(C)CCC(C)C. The highest BCUT2D eigenvalue weighted by atomic mass is 16.6. The number of alkyl carbamates (subject to hydrolysis) is 1. The Bertz CT molecular complexity index is 1380. The number of nitrogens with one attached hydrogen (secondary N) is 2. The Kier molecular flexibility index (Phi) is 12.8. The van der Waals surface area contributed by atoms with Crippen LogP contribution in [0.25, 0.3) is 0 Å². The predicted octanol–water partition coefficient (Wildman–Crippen LogP) is 7.45. The van der Waals surface area contributed by atoms with E-state index in [1.54, 1.807) is 25.7 Å². The third-order valence-electron chi connectivity index (χ3n) is 7.81. The molecule has 0 saturated carbocycles. The van der Waals surface area contributed by atoms with Crippen molar-refractivity contribution in [3.05, 3.63) is 107 Å². The summed E-state index contributed by atoms with van der Waals surface area (Å²) in [7, 11) is 0. The van der Waals surface area contributed by atoms with Crippen LogP contribution in [0.15, 0.2) is 78.9 Å². The first-order valence-corrected chi connectivity index (χ1v) is 16.0. The second-order valence-corrected chi connectivity index (χ2v) is 13.4. The van der Waals surface area contributed by atoms with E-state index in [9.17, 15) is 14.4 Å². The standard InChI is InChI=1S/C38H51N3O4/c1-26(2)22-23-29(5)41(36(43)32(24-30-18-11-9-12-19-30)40-37(44)45-38(6,7)8)34(33-27(3)16-15-17-28(33)4)35(42)39-25-31-20-13-10-14-21-31/h9-21,26,29,32,34H,22-25H2,1-8H3,(H,39,42)(H,40,44). The van der Waals surface area contributed by atoms with E-state index in [2.05, 4.69) is 24.5 Å². The Morgan fingerprint density at radius 2 is 1.33 bits per heavy atom. The maximum absolute atomic E-state index is 14.9. The predicted molar refractivity (Wildman–Crippen MR) is 181 cm³/mol. The molecule has 0 aliphatic carbocycles. The lowest BCUT2D eigenvalue weighted by Crippen LogP contribution is -2.56. The van der Waals surface area contributed by atoms with Crippen LogP contribution in [-0.4, -0.2) is 40.5 Å². The van der Waals surface area contributed by atoms with Crippen LogP contribution in [0.3, 0.4) is 0 Å². The maximum atomic E-state index is 14.9. The molecule has 0 fully saturated rings. The van der Waals surface area contributed by atoms with Gasteiger partial charge in [0.25, 0.3) is 0 Å². The van der Waals surface area contributed by atoms with Crippen molar-refractivity contribution in [2.45, 2.75) is 105 Å². The first-order chi connectivity index (χ1) is 21.3. The molecule has 242 valence electrons. The molecular formula is C38H51N3O4. The molecule has 7 heteroatoms. The molecule has 3 rings (SSSR count). The topological polar surface area (TPSA) is 87.7 Å². The molecule has 3 unspecified atom stereocenters. The zero-order valence-electron chi connectivity index (χ0n) is 28.2. The lowest BCUT2D eigenvalue weighted by atomic mass is 9.91. The lowest BCUT2D eigenvalue weighted by Gasteiger charge is -2.40. The van der Waals surface area contributed by atoms with Gasteiger partial charge in [0.1, 0.15) is 17.7 Å². The second-order valence-electron chi connectivity index (χ2n) is 13.4. The van der Waals surface area contributed by atoms with Gasteiger partial charge in [-0.05, 0) is 88.1 Å². The Balaban J connectivity index is 2.13. The summed E-state index contributed by atoms with van der Waals surface area (Å²) in [6.45, 7) is 15.9. The number of rotatable bonds is 13. The van der Waals surface area contributed by atoms with Gasteiger partial charge < -0.3 is 20.3 Å². The fourth-order valence-electron chi connectivity index (χ4n) is 5.53. The van der Waals surface area contributed by atoms with Crippen LogP contribution in [0.2, 0.25) is 0 Å². The number of benzene rings is 3. The monoisotopic (exact) mass is 613 g/mol. The Morgan fingerprint density at radius 3 is 1.87 bits per heavy atom. The summed E-state index contributed by atoms with van der Waals surface area (Å²) >= 11 is 0. The minimum atomic E-state index is -0.961. The molecule has 2 N–H and O–H groups in total. The van der Waals surface area contributed by atoms with Crippen LogP contribution in [-0.2, 0) is 27.3 Å². The van der Waals surface area contributed by atoms with Crippen molar-refractivity contribution in [3.63, 3.8) is 0 Å². The third-order valence-corrected chi connectivity index (χ3v) is 7.81. The van der Waals surface area contributed by atoms with Crippen molar-refractivity contribution in [1.29, 1.82) is 0 Å². The van der Waals surface area contributed by atoms with E-state index in [0.29, 0.717) is 18.9 Å². The maximum Gasteiger partial charge on any atom is 0.408 e. The summed E-state index contributed by atoms with van der Waals surface area (Å²) in [6, 6.07) is 23.1. The number of nitrogens with zero attached hydrogens (tertiary/aromatic N) is 1. The highest BCUT2D eigenvalue weighted by Crippen LogP contribution is 2.32. The van der Waals surface area contributed by atoms with Crippen LogP contribution >= 0.6 is 0 Å². The molecule has 0 saturated heterocycles. The molecule has 0 bridgehead atoms. The molecule has 45 heavy (non-hydrogen) atoms. The average Bonchev–Trinajstić information content (AvgIpc) is 2.97. The molecule has 0 heterocycles. The smallest absolute Gasteiger partial charge is 0.408 e. The lowest BCUT2D eigenvalue weighted by molar-refractivity contribution is -0.145. The van der Waals surface area contributed by atoms with Gasteiger partial charge in [-0.25, -0.2) is 4.79 Å². The second kappa shape index (κ2) is 16.3. The average molecular weight is 614 g/mol. The van der Waals surface area contributed by atoms with Crippen molar-refractivity contribution < 1.29 is 19.1 Å². The van der Waals surface area contributed by atoms with E-state index >= 15 is 0 Å². The minimum Gasteiger partial charge on any atom is -0.444 e. The number of carbonyl (C=O) groups is 3. The van der Waals surface area contributed by atoms with E-state index in [1.165, 1.54) is 0 Å². The summed E-state index contributed by atoms with van der Waals surface area (Å²) in [4.78, 5) is 44.2. The van der Waals surface area contributed by atoms with Gasteiger partial charge in [0.2, 0.25) is 11.8 Å². The molecule has 7 nitrogen and oxygen atoms in total. The number of amides is 3. The quantitative estimate of drug-likeness (QED) is 0.210. The first-order valence-electron chi connectivity index (χ1n) is 16.0. The summed E-state index contributed by atoms with van der Waals surface area (Å²) < 4.78 is 5.59. The largest absolute Gasteiger partial charge is 0.444 e. The normalized spacial score (nSPS) is 13.4. The molecule has 0 aliphatic rings. The highest BCUT2D eigenvalue weighted by molar-refractivity contribution is 5.93. The zero-order chi connectivity index (χ0) is 33.1. The van der Waals surface area contributed by atoms with Crippen LogP contribution in [0.1, 0.15) is 88.2 Å².